The molecule has 108 valence electrons. The van der Waals surface area contributed by atoms with Crippen LogP contribution < -0.4 is 10.0 Å². The van der Waals surface area contributed by atoms with Gasteiger partial charge in [0.05, 0.1) is 18.0 Å². The molecule has 0 bridgehead atoms. The molecule has 1 aromatic heterocycles. The zero-order valence-corrected chi connectivity index (χ0v) is 12.5. The van der Waals surface area contributed by atoms with Crippen LogP contribution in [0.4, 0.5) is 0 Å². The van der Waals surface area contributed by atoms with Crippen molar-refractivity contribution in [2.75, 3.05) is 18.8 Å². The van der Waals surface area contributed by atoms with Crippen molar-refractivity contribution >= 4 is 10.0 Å². The van der Waals surface area contributed by atoms with Crippen LogP contribution in [0.1, 0.15) is 31.5 Å². The zero-order valence-electron chi connectivity index (χ0n) is 11.6. The average molecular weight is 285 g/mol. The van der Waals surface area contributed by atoms with Gasteiger partial charge in [-0.15, -0.1) is 0 Å². The van der Waals surface area contributed by atoms with Crippen LogP contribution in [0, 0.1) is 0 Å². The Labute approximate surface area is 115 Å². The third-order valence-electron chi connectivity index (χ3n) is 2.84. The van der Waals surface area contributed by atoms with Crippen molar-refractivity contribution in [3.05, 3.63) is 29.6 Å². The Balaban J connectivity index is 2.46. The minimum Gasteiger partial charge on any atom is -0.317 e. The minimum absolute atomic E-state index is 0.147. The molecule has 0 saturated heterocycles. The molecule has 0 fully saturated rings. The van der Waals surface area contributed by atoms with Gasteiger partial charge in [0.2, 0.25) is 10.0 Å². The van der Waals surface area contributed by atoms with Crippen LogP contribution in [0.2, 0.25) is 0 Å². The lowest BCUT2D eigenvalue weighted by Gasteiger charge is -2.09. The summed E-state index contributed by atoms with van der Waals surface area (Å²) in [7, 11) is -3.22. The lowest BCUT2D eigenvalue weighted by Crippen LogP contribution is -2.28. The first-order chi connectivity index (χ1) is 9.09. The Morgan fingerprint density at radius 2 is 2.11 bits per heavy atom. The highest BCUT2D eigenvalue weighted by Crippen LogP contribution is 2.06. The van der Waals surface area contributed by atoms with Crippen LogP contribution in [-0.4, -0.2) is 32.2 Å². The van der Waals surface area contributed by atoms with E-state index in [0.29, 0.717) is 6.42 Å². The van der Waals surface area contributed by atoms with Crippen LogP contribution in [0.15, 0.2) is 18.3 Å². The van der Waals surface area contributed by atoms with Gasteiger partial charge in [0.15, 0.2) is 0 Å². The monoisotopic (exact) mass is 285 g/mol. The van der Waals surface area contributed by atoms with E-state index in [4.69, 9.17) is 0 Å². The summed E-state index contributed by atoms with van der Waals surface area (Å²) in [5.41, 5.74) is 1.89. The summed E-state index contributed by atoms with van der Waals surface area (Å²) >= 11 is 0. The van der Waals surface area contributed by atoms with Gasteiger partial charge >= 0.3 is 0 Å². The molecule has 2 N–H and O–H groups in total. The van der Waals surface area contributed by atoms with Crippen LogP contribution >= 0.6 is 0 Å². The largest absolute Gasteiger partial charge is 0.317 e. The Bertz CT molecular complexity index is 475. The Morgan fingerprint density at radius 3 is 2.79 bits per heavy atom. The minimum atomic E-state index is -3.22. The number of aryl methyl sites for hydroxylation is 1. The number of nitrogens with one attached hydrogen (secondary N) is 2. The highest BCUT2D eigenvalue weighted by molar-refractivity contribution is 7.89. The number of hydrogen-bond acceptors (Lipinski definition) is 4. The summed E-state index contributed by atoms with van der Waals surface area (Å²) in [5, 5.41) is 3.11. The molecule has 0 spiro atoms. The third-order valence-corrected chi connectivity index (χ3v) is 4.25. The van der Waals surface area contributed by atoms with Gasteiger partial charge in [-0.3, -0.25) is 4.98 Å². The highest BCUT2D eigenvalue weighted by atomic mass is 32.2. The first kappa shape index (κ1) is 16.1. The fourth-order valence-electron chi connectivity index (χ4n) is 1.77. The summed E-state index contributed by atoms with van der Waals surface area (Å²) in [6.07, 6.45) is 3.16. The maximum Gasteiger partial charge on any atom is 0.211 e. The number of rotatable bonds is 9. The lowest BCUT2D eigenvalue weighted by molar-refractivity contribution is 0.574. The molecule has 0 aliphatic carbocycles. The van der Waals surface area contributed by atoms with Gasteiger partial charge in [-0.25, -0.2) is 13.1 Å². The van der Waals surface area contributed by atoms with Crippen molar-refractivity contribution in [3.8, 4) is 0 Å². The van der Waals surface area contributed by atoms with E-state index in [2.05, 4.69) is 15.0 Å². The predicted octanol–water partition coefficient (Wildman–Crippen LogP) is 1.06. The second-order valence-corrected chi connectivity index (χ2v) is 6.24. The Morgan fingerprint density at radius 1 is 1.32 bits per heavy atom. The van der Waals surface area contributed by atoms with E-state index in [1.807, 2.05) is 26.0 Å². The second kappa shape index (κ2) is 8.24. The number of pyridine rings is 1. The first-order valence-corrected chi connectivity index (χ1v) is 8.35. The number of sulfonamides is 1. The van der Waals surface area contributed by atoms with E-state index in [-0.39, 0.29) is 12.3 Å². The number of aromatic nitrogens is 1. The van der Waals surface area contributed by atoms with Crippen molar-refractivity contribution in [1.82, 2.24) is 15.0 Å². The summed E-state index contributed by atoms with van der Waals surface area (Å²) in [4.78, 5) is 4.22. The average Bonchev–Trinajstić information content (AvgIpc) is 2.42. The van der Waals surface area contributed by atoms with Crippen molar-refractivity contribution in [2.24, 2.45) is 0 Å². The molecule has 1 rings (SSSR count). The van der Waals surface area contributed by atoms with Gasteiger partial charge in [-0.2, -0.15) is 0 Å². The fraction of sp³-hybridized carbons (Fsp3) is 0.615. The molecule has 0 unspecified atom stereocenters. The Kier molecular flexibility index (Phi) is 6.97. The number of nitrogens with zero attached hydrogens (tertiary/aromatic N) is 1. The van der Waals surface area contributed by atoms with E-state index in [0.717, 1.165) is 30.8 Å². The van der Waals surface area contributed by atoms with Gasteiger partial charge in [-0.05, 0) is 37.6 Å². The fourth-order valence-corrected chi connectivity index (χ4v) is 2.79. The highest BCUT2D eigenvalue weighted by Gasteiger charge is 2.11. The molecule has 0 amide bonds. The molecule has 0 saturated carbocycles. The van der Waals surface area contributed by atoms with Crippen molar-refractivity contribution in [1.29, 1.82) is 0 Å². The maximum absolute atomic E-state index is 11.8. The lowest BCUT2D eigenvalue weighted by atomic mass is 10.1. The quantitative estimate of drug-likeness (QED) is 0.666. The molecule has 0 aromatic carbocycles. The molecule has 1 heterocycles. The van der Waals surface area contributed by atoms with Crippen molar-refractivity contribution < 1.29 is 8.42 Å². The zero-order chi connectivity index (χ0) is 14.1. The third kappa shape index (κ3) is 6.13. The van der Waals surface area contributed by atoms with Crippen molar-refractivity contribution in [2.45, 2.75) is 33.2 Å². The molecule has 5 nitrogen and oxygen atoms in total. The van der Waals surface area contributed by atoms with Crippen LogP contribution in [0.5, 0.6) is 0 Å². The standard InChI is InChI=1S/C13H23N3O2S/c1-3-12-7-5-9-15-13(12)11-16-19(17,18)10-6-8-14-4-2/h5,7,9,14,16H,3-4,6,8,10-11H2,1-2H3. The van der Waals surface area contributed by atoms with E-state index in [1.54, 1.807) is 6.20 Å². The molecule has 0 atom stereocenters. The Hall–Kier alpha value is -0.980. The number of hydrogen-bond donors (Lipinski definition) is 2. The molecule has 6 heteroatoms. The van der Waals surface area contributed by atoms with Gasteiger partial charge in [-0.1, -0.05) is 19.9 Å². The summed E-state index contributed by atoms with van der Waals surface area (Å²) in [6, 6.07) is 3.84. The van der Waals surface area contributed by atoms with Gasteiger partial charge < -0.3 is 5.32 Å². The molecule has 0 aliphatic heterocycles. The van der Waals surface area contributed by atoms with E-state index in [1.165, 1.54) is 0 Å². The molecule has 19 heavy (non-hydrogen) atoms. The smallest absolute Gasteiger partial charge is 0.211 e. The summed E-state index contributed by atoms with van der Waals surface area (Å²) in [6.45, 7) is 5.89. The molecule has 0 aliphatic rings. The molecular formula is C13H23N3O2S. The second-order valence-electron chi connectivity index (χ2n) is 4.31. The molecule has 0 radical (unpaired) electrons. The van der Waals surface area contributed by atoms with Gasteiger partial charge in [0, 0.05) is 6.20 Å². The van der Waals surface area contributed by atoms with Crippen LogP contribution in [0.3, 0.4) is 0 Å². The SMILES string of the molecule is CCNCCCS(=O)(=O)NCc1ncccc1CC. The van der Waals surface area contributed by atoms with Crippen LogP contribution in [0.25, 0.3) is 0 Å². The van der Waals surface area contributed by atoms with Crippen molar-refractivity contribution in [3.63, 3.8) is 0 Å². The molecular weight excluding hydrogens is 262 g/mol. The van der Waals surface area contributed by atoms with Gasteiger partial charge in [0.25, 0.3) is 0 Å². The predicted molar refractivity (Wildman–Crippen MR) is 77.4 cm³/mol. The topological polar surface area (TPSA) is 71.1 Å². The van der Waals surface area contributed by atoms with Crippen LogP contribution in [-0.2, 0) is 23.0 Å². The van der Waals surface area contributed by atoms with E-state index in [9.17, 15) is 8.42 Å². The van der Waals surface area contributed by atoms with Gasteiger partial charge in [0.1, 0.15) is 0 Å². The van der Waals surface area contributed by atoms with E-state index < -0.39 is 10.0 Å². The first-order valence-electron chi connectivity index (χ1n) is 6.70. The summed E-state index contributed by atoms with van der Waals surface area (Å²) in [5.74, 6) is 0.147. The normalized spacial score (nSPS) is 11.7. The maximum atomic E-state index is 11.8. The summed E-state index contributed by atoms with van der Waals surface area (Å²) < 4.78 is 26.2. The van der Waals surface area contributed by atoms with E-state index >= 15 is 0 Å². The molecule has 1 aromatic rings.